The van der Waals surface area contributed by atoms with Gasteiger partial charge in [-0.3, -0.25) is 4.79 Å². The zero-order valence-corrected chi connectivity index (χ0v) is 13.4. The van der Waals surface area contributed by atoms with Gasteiger partial charge < -0.3 is 10.6 Å². The van der Waals surface area contributed by atoms with E-state index in [-0.39, 0.29) is 17.2 Å². The zero-order valence-electron chi connectivity index (χ0n) is 13.4. The van der Waals surface area contributed by atoms with Crippen LogP contribution in [0.15, 0.2) is 24.3 Å². The number of hydrogen-bond acceptors (Lipinski definition) is 2. The molecule has 0 saturated heterocycles. The van der Waals surface area contributed by atoms with Crippen LogP contribution in [0, 0.1) is 5.92 Å². The van der Waals surface area contributed by atoms with E-state index in [1.54, 1.807) is 0 Å². The first-order chi connectivity index (χ1) is 9.34. The summed E-state index contributed by atoms with van der Waals surface area (Å²) in [6.07, 6.45) is 0.877. The van der Waals surface area contributed by atoms with Gasteiger partial charge in [-0.2, -0.15) is 0 Å². The molecule has 0 radical (unpaired) electrons. The second-order valence-electron chi connectivity index (χ2n) is 6.45. The number of hydrogen-bond donors (Lipinski definition) is 2. The topological polar surface area (TPSA) is 41.1 Å². The van der Waals surface area contributed by atoms with Crippen molar-refractivity contribution in [3.63, 3.8) is 0 Å². The molecule has 0 spiro atoms. The minimum atomic E-state index is 0.0169. The summed E-state index contributed by atoms with van der Waals surface area (Å²) in [5, 5.41) is 6.00. The SMILES string of the molecule is CNCC(C)C(=O)NCCc1ccc(C(C)(C)C)cc1. The number of carbonyl (C=O) groups is 1. The molecule has 0 aliphatic rings. The predicted octanol–water partition coefficient (Wildman–Crippen LogP) is 2.50. The monoisotopic (exact) mass is 276 g/mol. The maximum Gasteiger partial charge on any atom is 0.224 e. The van der Waals surface area contributed by atoms with Crippen LogP contribution >= 0.6 is 0 Å². The fourth-order valence-corrected chi connectivity index (χ4v) is 2.07. The highest BCUT2D eigenvalue weighted by Crippen LogP contribution is 2.22. The van der Waals surface area contributed by atoms with Crippen LogP contribution in [0.4, 0.5) is 0 Å². The highest BCUT2D eigenvalue weighted by atomic mass is 16.1. The minimum absolute atomic E-state index is 0.0169. The van der Waals surface area contributed by atoms with Gasteiger partial charge in [0.05, 0.1) is 0 Å². The van der Waals surface area contributed by atoms with E-state index in [9.17, 15) is 4.79 Å². The van der Waals surface area contributed by atoms with Gasteiger partial charge in [0.1, 0.15) is 0 Å². The molecular formula is C17H28N2O. The molecule has 1 aromatic carbocycles. The van der Waals surface area contributed by atoms with E-state index >= 15 is 0 Å². The summed E-state index contributed by atoms with van der Waals surface area (Å²) in [6, 6.07) is 8.68. The fourth-order valence-electron chi connectivity index (χ4n) is 2.07. The Morgan fingerprint density at radius 3 is 2.30 bits per heavy atom. The van der Waals surface area contributed by atoms with Gasteiger partial charge in [-0.1, -0.05) is 52.0 Å². The van der Waals surface area contributed by atoms with Crippen molar-refractivity contribution < 1.29 is 4.79 Å². The number of benzene rings is 1. The Bertz CT molecular complexity index is 418. The van der Waals surface area contributed by atoms with Gasteiger partial charge in [0.25, 0.3) is 0 Å². The molecule has 1 unspecified atom stereocenters. The van der Waals surface area contributed by atoms with E-state index in [1.165, 1.54) is 11.1 Å². The van der Waals surface area contributed by atoms with Crippen molar-refractivity contribution in [1.29, 1.82) is 0 Å². The molecule has 1 aromatic rings. The summed E-state index contributed by atoms with van der Waals surface area (Å²) in [4.78, 5) is 11.8. The number of carbonyl (C=O) groups excluding carboxylic acids is 1. The van der Waals surface area contributed by atoms with E-state index in [4.69, 9.17) is 0 Å². The molecule has 1 rings (SSSR count). The van der Waals surface area contributed by atoms with Gasteiger partial charge in [0.15, 0.2) is 0 Å². The predicted molar refractivity (Wildman–Crippen MR) is 84.9 cm³/mol. The normalized spacial score (nSPS) is 13.1. The molecule has 0 bridgehead atoms. The molecule has 0 heterocycles. The van der Waals surface area contributed by atoms with Gasteiger partial charge in [-0.25, -0.2) is 0 Å². The van der Waals surface area contributed by atoms with E-state index in [0.717, 1.165) is 6.42 Å². The second-order valence-corrected chi connectivity index (χ2v) is 6.45. The molecule has 0 aliphatic carbocycles. The van der Waals surface area contributed by atoms with Crippen LogP contribution in [-0.4, -0.2) is 26.0 Å². The van der Waals surface area contributed by atoms with Gasteiger partial charge in [-0.15, -0.1) is 0 Å². The molecule has 3 nitrogen and oxygen atoms in total. The van der Waals surface area contributed by atoms with Crippen LogP contribution in [0.3, 0.4) is 0 Å². The Morgan fingerprint density at radius 1 is 1.20 bits per heavy atom. The first kappa shape index (κ1) is 16.7. The van der Waals surface area contributed by atoms with Crippen molar-refractivity contribution in [2.75, 3.05) is 20.1 Å². The van der Waals surface area contributed by atoms with E-state index in [2.05, 4.69) is 55.7 Å². The number of nitrogens with one attached hydrogen (secondary N) is 2. The Balaban J connectivity index is 2.41. The number of amides is 1. The van der Waals surface area contributed by atoms with Crippen molar-refractivity contribution in [2.24, 2.45) is 5.92 Å². The van der Waals surface area contributed by atoms with Crippen molar-refractivity contribution in [3.05, 3.63) is 35.4 Å². The summed E-state index contributed by atoms with van der Waals surface area (Å²) >= 11 is 0. The fraction of sp³-hybridized carbons (Fsp3) is 0.588. The summed E-state index contributed by atoms with van der Waals surface area (Å²) in [7, 11) is 1.86. The van der Waals surface area contributed by atoms with E-state index in [1.807, 2.05) is 14.0 Å². The standard InChI is InChI=1S/C17H28N2O/c1-13(12-18-5)16(20)19-11-10-14-6-8-15(9-7-14)17(2,3)4/h6-9,13,18H,10-12H2,1-5H3,(H,19,20). The van der Waals surface area contributed by atoms with Gasteiger partial charge >= 0.3 is 0 Å². The molecule has 0 aliphatic heterocycles. The Kier molecular flexibility index (Phi) is 6.21. The van der Waals surface area contributed by atoms with Crippen LogP contribution in [0.2, 0.25) is 0 Å². The van der Waals surface area contributed by atoms with Crippen molar-refractivity contribution in [2.45, 2.75) is 39.5 Å². The van der Waals surface area contributed by atoms with E-state index < -0.39 is 0 Å². The first-order valence-electron chi connectivity index (χ1n) is 7.36. The molecule has 2 N–H and O–H groups in total. The number of rotatable bonds is 6. The van der Waals surface area contributed by atoms with Gasteiger partial charge in [0, 0.05) is 19.0 Å². The molecule has 1 amide bonds. The lowest BCUT2D eigenvalue weighted by Gasteiger charge is -2.19. The third-order valence-corrected chi connectivity index (χ3v) is 3.49. The van der Waals surface area contributed by atoms with Crippen molar-refractivity contribution in [3.8, 4) is 0 Å². The third kappa shape index (κ3) is 5.33. The summed E-state index contributed by atoms with van der Waals surface area (Å²) in [5.74, 6) is 0.133. The van der Waals surface area contributed by atoms with Gasteiger partial charge in [0.2, 0.25) is 5.91 Å². The lowest BCUT2D eigenvalue weighted by molar-refractivity contribution is -0.124. The molecule has 0 saturated carbocycles. The van der Waals surface area contributed by atoms with Crippen LogP contribution in [-0.2, 0) is 16.6 Å². The average molecular weight is 276 g/mol. The quantitative estimate of drug-likeness (QED) is 0.838. The van der Waals surface area contributed by atoms with Crippen molar-refractivity contribution >= 4 is 5.91 Å². The Hall–Kier alpha value is -1.35. The Labute approximate surface area is 123 Å². The summed E-state index contributed by atoms with van der Waals surface area (Å²) in [6.45, 7) is 9.99. The smallest absolute Gasteiger partial charge is 0.224 e. The maximum absolute atomic E-state index is 11.8. The van der Waals surface area contributed by atoms with Crippen LogP contribution in [0.5, 0.6) is 0 Å². The van der Waals surface area contributed by atoms with Crippen LogP contribution < -0.4 is 10.6 Å². The molecule has 1 atom stereocenters. The lowest BCUT2D eigenvalue weighted by Crippen LogP contribution is -2.35. The minimum Gasteiger partial charge on any atom is -0.355 e. The summed E-state index contributed by atoms with van der Waals surface area (Å²) in [5.41, 5.74) is 2.79. The first-order valence-corrected chi connectivity index (χ1v) is 7.36. The van der Waals surface area contributed by atoms with Crippen LogP contribution in [0.25, 0.3) is 0 Å². The maximum atomic E-state index is 11.8. The highest BCUT2D eigenvalue weighted by molar-refractivity contribution is 5.78. The van der Waals surface area contributed by atoms with E-state index in [0.29, 0.717) is 13.1 Å². The average Bonchev–Trinajstić information content (AvgIpc) is 2.38. The summed E-state index contributed by atoms with van der Waals surface area (Å²) < 4.78 is 0. The van der Waals surface area contributed by atoms with Gasteiger partial charge in [-0.05, 0) is 30.0 Å². The molecule has 0 fully saturated rings. The molecular weight excluding hydrogens is 248 g/mol. The second kappa shape index (κ2) is 7.44. The largest absolute Gasteiger partial charge is 0.355 e. The highest BCUT2D eigenvalue weighted by Gasteiger charge is 2.13. The van der Waals surface area contributed by atoms with Crippen molar-refractivity contribution in [1.82, 2.24) is 10.6 Å². The third-order valence-electron chi connectivity index (χ3n) is 3.49. The molecule has 20 heavy (non-hydrogen) atoms. The lowest BCUT2D eigenvalue weighted by atomic mass is 9.86. The molecule has 3 heteroatoms. The zero-order chi connectivity index (χ0) is 15.2. The molecule has 0 aromatic heterocycles. The Morgan fingerprint density at radius 2 is 1.80 bits per heavy atom. The molecule has 112 valence electrons. The van der Waals surface area contributed by atoms with Crippen LogP contribution in [0.1, 0.15) is 38.8 Å².